The van der Waals surface area contributed by atoms with E-state index in [2.05, 4.69) is 22.4 Å². The number of anilines is 1. The number of thioether (sulfide) groups is 2. The Morgan fingerprint density at radius 2 is 2.04 bits per heavy atom. The van der Waals surface area contributed by atoms with Crippen molar-refractivity contribution >= 4 is 56.7 Å². The first kappa shape index (κ1) is 17.3. The van der Waals surface area contributed by atoms with E-state index >= 15 is 0 Å². The summed E-state index contributed by atoms with van der Waals surface area (Å²) in [6, 6.07) is 16.2. The Labute approximate surface area is 154 Å². The maximum Gasteiger partial charge on any atom is 0.224 e. The standard InChI is InChI=1S/C18H18N2OS3/c1-22-18-20-15-10-9-13(12-16(15)24-18)19-17(21)8-5-11-23-14-6-3-2-4-7-14/h2-4,6-7,9-10,12H,5,8,11H2,1H3,(H,19,21). The van der Waals surface area contributed by atoms with Gasteiger partial charge in [-0.3, -0.25) is 4.79 Å². The predicted octanol–water partition coefficient (Wildman–Crippen LogP) is 5.53. The van der Waals surface area contributed by atoms with Crippen LogP contribution in [0.4, 0.5) is 5.69 Å². The lowest BCUT2D eigenvalue weighted by Crippen LogP contribution is -2.11. The van der Waals surface area contributed by atoms with Crippen molar-refractivity contribution in [3.63, 3.8) is 0 Å². The lowest BCUT2D eigenvalue weighted by molar-refractivity contribution is -0.116. The molecule has 0 saturated carbocycles. The molecule has 0 fully saturated rings. The van der Waals surface area contributed by atoms with Gasteiger partial charge in [-0.2, -0.15) is 0 Å². The van der Waals surface area contributed by atoms with E-state index in [-0.39, 0.29) is 5.91 Å². The van der Waals surface area contributed by atoms with E-state index in [0.29, 0.717) is 6.42 Å². The van der Waals surface area contributed by atoms with Crippen LogP contribution < -0.4 is 5.32 Å². The van der Waals surface area contributed by atoms with Crippen LogP contribution in [0, 0.1) is 0 Å². The number of aromatic nitrogens is 1. The van der Waals surface area contributed by atoms with E-state index in [1.54, 1.807) is 34.9 Å². The normalized spacial score (nSPS) is 10.9. The molecule has 6 heteroatoms. The fourth-order valence-corrected chi connectivity index (χ4v) is 4.63. The van der Waals surface area contributed by atoms with Gasteiger partial charge < -0.3 is 5.32 Å². The molecule has 1 heterocycles. The van der Waals surface area contributed by atoms with Crippen LogP contribution in [0.15, 0.2) is 57.8 Å². The second kappa shape index (κ2) is 8.55. The maximum absolute atomic E-state index is 12.1. The van der Waals surface area contributed by atoms with Crippen molar-refractivity contribution in [2.45, 2.75) is 22.1 Å². The van der Waals surface area contributed by atoms with Gasteiger partial charge in [0.15, 0.2) is 4.34 Å². The third kappa shape index (κ3) is 4.75. The van der Waals surface area contributed by atoms with Crippen molar-refractivity contribution in [2.75, 3.05) is 17.3 Å². The molecule has 24 heavy (non-hydrogen) atoms. The minimum Gasteiger partial charge on any atom is -0.326 e. The lowest BCUT2D eigenvalue weighted by atomic mass is 10.2. The summed E-state index contributed by atoms with van der Waals surface area (Å²) in [7, 11) is 0. The minimum absolute atomic E-state index is 0.0672. The van der Waals surface area contributed by atoms with Gasteiger partial charge in [0.1, 0.15) is 0 Å². The highest BCUT2D eigenvalue weighted by atomic mass is 32.2. The molecular formula is C18H18N2OS3. The van der Waals surface area contributed by atoms with Crippen molar-refractivity contribution in [1.29, 1.82) is 0 Å². The molecule has 0 radical (unpaired) electrons. The van der Waals surface area contributed by atoms with Crippen LogP contribution >= 0.6 is 34.9 Å². The first-order chi connectivity index (χ1) is 11.7. The van der Waals surface area contributed by atoms with Gasteiger partial charge in [-0.25, -0.2) is 4.98 Å². The third-order valence-electron chi connectivity index (χ3n) is 3.39. The van der Waals surface area contributed by atoms with E-state index in [1.807, 2.05) is 42.7 Å². The Morgan fingerprint density at radius 1 is 1.21 bits per heavy atom. The highest BCUT2D eigenvalue weighted by molar-refractivity contribution is 8.00. The molecule has 0 atom stereocenters. The summed E-state index contributed by atoms with van der Waals surface area (Å²) in [5, 5.41) is 2.98. The van der Waals surface area contributed by atoms with Crippen LogP contribution in [-0.2, 0) is 4.79 Å². The number of hydrogen-bond acceptors (Lipinski definition) is 5. The summed E-state index contributed by atoms with van der Waals surface area (Å²) >= 11 is 5.09. The summed E-state index contributed by atoms with van der Waals surface area (Å²) in [5.41, 5.74) is 1.83. The Bertz CT molecular complexity index is 818. The number of carbonyl (C=O) groups is 1. The van der Waals surface area contributed by atoms with E-state index < -0.39 is 0 Å². The summed E-state index contributed by atoms with van der Waals surface area (Å²) in [5.74, 6) is 1.01. The smallest absolute Gasteiger partial charge is 0.224 e. The summed E-state index contributed by atoms with van der Waals surface area (Å²) < 4.78 is 2.16. The van der Waals surface area contributed by atoms with Crippen LogP contribution in [0.3, 0.4) is 0 Å². The number of thiazole rings is 1. The van der Waals surface area contributed by atoms with Gasteiger partial charge in [0.2, 0.25) is 5.91 Å². The van der Waals surface area contributed by atoms with Crippen LogP contribution in [0.1, 0.15) is 12.8 Å². The highest BCUT2D eigenvalue weighted by Gasteiger charge is 2.06. The first-order valence-corrected chi connectivity index (χ1v) is 10.7. The number of rotatable bonds is 7. The molecule has 3 rings (SSSR count). The Morgan fingerprint density at radius 3 is 2.83 bits per heavy atom. The van der Waals surface area contributed by atoms with Gasteiger partial charge in [-0.05, 0) is 48.8 Å². The Kier molecular flexibility index (Phi) is 6.18. The summed E-state index contributed by atoms with van der Waals surface area (Å²) in [4.78, 5) is 17.8. The summed E-state index contributed by atoms with van der Waals surface area (Å²) in [6.07, 6.45) is 3.43. The predicted molar refractivity (Wildman–Crippen MR) is 106 cm³/mol. The molecule has 1 N–H and O–H groups in total. The number of fused-ring (bicyclic) bond motifs is 1. The number of carbonyl (C=O) groups excluding carboxylic acids is 1. The number of nitrogens with zero attached hydrogens (tertiary/aromatic N) is 1. The molecule has 1 aromatic heterocycles. The van der Waals surface area contributed by atoms with Gasteiger partial charge in [0, 0.05) is 17.0 Å². The molecule has 1 amide bonds. The van der Waals surface area contributed by atoms with E-state index in [0.717, 1.165) is 32.4 Å². The van der Waals surface area contributed by atoms with Gasteiger partial charge in [0.25, 0.3) is 0 Å². The third-order valence-corrected chi connectivity index (χ3v) is 6.49. The topological polar surface area (TPSA) is 42.0 Å². The molecule has 0 aliphatic rings. The van der Waals surface area contributed by atoms with Gasteiger partial charge in [-0.15, -0.1) is 23.1 Å². The molecule has 0 bridgehead atoms. The Hall–Kier alpha value is -1.50. The highest BCUT2D eigenvalue weighted by Crippen LogP contribution is 2.30. The van der Waals surface area contributed by atoms with Crippen molar-refractivity contribution < 1.29 is 4.79 Å². The zero-order chi connectivity index (χ0) is 16.8. The zero-order valence-corrected chi connectivity index (χ0v) is 15.8. The first-order valence-electron chi connectivity index (χ1n) is 7.67. The molecule has 0 unspecified atom stereocenters. The molecule has 0 spiro atoms. The molecular weight excluding hydrogens is 356 g/mol. The number of hydrogen-bond donors (Lipinski definition) is 1. The molecule has 3 nitrogen and oxygen atoms in total. The maximum atomic E-state index is 12.1. The molecule has 0 aliphatic carbocycles. The molecule has 124 valence electrons. The van der Waals surface area contributed by atoms with Crippen molar-refractivity contribution in [3.05, 3.63) is 48.5 Å². The average Bonchev–Trinajstić information content (AvgIpc) is 3.02. The molecule has 2 aromatic carbocycles. The quantitative estimate of drug-likeness (QED) is 0.436. The molecule has 0 saturated heterocycles. The second-order valence-corrected chi connectivity index (χ2v) is 8.43. The van der Waals surface area contributed by atoms with E-state index in [9.17, 15) is 4.79 Å². The fraction of sp³-hybridized carbons (Fsp3) is 0.222. The van der Waals surface area contributed by atoms with E-state index in [4.69, 9.17) is 0 Å². The van der Waals surface area contributed by atoms with Crippen molar-refractivity contribution in [1.82, 2.24) is 4.98 Å². The fourth-order valence-electron chi connectivity index (χ4n) is 2.23. The minimum atomic E-state index is 0.0672. The van der Waals surface area contributed by atoms with Crippen LogP contribution in [-0.4, -0.2) is 22.9 Å². The van der Waals surface area contributed by atoms with Gasteiger partial charge >= 0.3 is 0 Å². The Balaban J connectivity index is 1.47. The van der Waals surface area contributed by atoms with Gasteiger partial charge in [-0.1, -0.05) is 30.0 Å². The van der Waals surface area contributed by atoms with E-state index in [1.165, 1.54) is 4.90 Å². The molecule has 3 aromatic rings. The second-order valence-electron chi connectivity index (χ2n) is 5.18. The number of benzene rings is 2. The molecule has 0 aliphatic heterocycles. The summed E-state index contributed by atoms with van der Waals surface area (Å²) in [6.45, 7) is 0. The zero-order valence-electron chi connectivity index (χ0n) is 13.3. The van der Waals surface area contributed by atoms with Crippen molar-refractivity contribution in [2.24, 2.45) is 0 Å². The lowest BCUT2D eigenvalue weighted by Gasteiger charge is -2.05. The number of amides is 1. The van der Waals surface area contributed by atoms with Crippen LogP contribution in [0.2, 0.25) is 0 Å². The van der Waals surface area contributed by atoms with Crippen LogP contribution in [0.5, 0.6) is 0 Å². The van der Waals surface area contributed by atoms with Crippen molar-refractivity contribution in [3.8, 4) is 0 Å². The SMILES string of the molecule is CSc1nc2ccc(NC(=O)CCCSc3ccccc3)cc2s1. The largest absolute Gasteiger partial charge is 0.326 e. The number of nitrogens with one attached hydrogen (secondary N) is 1. The monoisotopic (exact) mass is 374 g/mol. The van der Waals surface area contributed by atoms with Crippen LogP contribution in [0.25, 0.3) is 10.2 Å². The average molecular weight is 375 g/mol. The van der Waals surface area contributed by atoms with Gasteiger partial charge in [0.05, 0.1) is 10.2 Å².